The summed E-state index contributed by atoms with van der Waals surface area (Å²) < 4.78 is 44.6. The zero-order chi connectivity index (χ0) is 20.6. The van der Waals surface area contributed by atoms with E-state index in [4.69, 9.17) is 4.74 Å². The quantitative estimate of drug-likeness (QED) is 0.643. The van der Waals surface area contributed by atoms with E-state index in [-0.39, 0.29) is 18.5 Å². The Bertz CT molecular complexity index is 1050. The number of nitrogens with zero attached hydrogens (tertiary/aromatic N) is 4. The van der Waals surface area contributed by atoms with Crippen molar-refractivity contribution < 1.29 is 22.7 Å². The molecule has 1 aliphatic rings. The van der Waals surface area contributed by atoms with Crippen LogP contribution < -0.4 is 0 Å². The first-order chi connectivity index (χ1) is 13.8. The molecule has 1 amide bonds. The Labute approximate surface area is 163 Å². The SMILES string of the molecule is C=C(N1C(=O)OC[C@H]1c1ccccc1)n1cc(-c2ccc(C(F)(F)F)cc2)nn1. The van der Waals surface area contributed by atoms with Crippen molar-refractivity contribution in [1.82, 2.24) is 19.9 Å². The molecule has 0 spiro atoms. The Balaban J connectivity index is 1.59. The van der Waals surface area contributed by atoms with E-state index in [1.807, 2.05) is 30.3 Å². The molecule has 0 aliphatic carbocycles. The van der Waals surface area contributed by atoms with E-state index in [0.29, 0.717) is 11.3 Å². The average molecular weight is 400 g/mol. The van der Waals surface area contributed by atoms with Crippen LogP contribution >= 0.6 is 0 Å². The normalized spacial score (nSPS) is 16.7. The van der Waals surface area contributed by atoms with E-state index in [1.54, 1.807) is 0 Å². The number of carbonyl (C=O) groups is 1. The fourth-order valence-electron chi connectivity index (χ4n) is 3.09. The van der Waals surface area contributed by atoms with Gasteiger partial charge in [-0.15, -0.1) is 5.10 Å². The number of ether oxygens (including phenoxy) is 1. The summed E-state index contributed by atoms with van der Waals surface area (Å²) in [7, 11) is 0. The van der Waals surface area contributed by atoms with Crippen molar-refractivity contribution in [1.29, 1.82) is 0 Å². The molecule has 0 radical (unpaired) electrons. The van der Waals surface area contributed by atoms with Gasteiger partial charge in [-0.2, -0.15) is 13.2 Å². The molecule has 1 aromatic heterocycles. The van der Waals surface area contributed by atoms with E-state index < -0.39 is 17.8 Å². The molecule has 0 bridgehead atoms. The van der Waals surface area contributed by atoms with Crippen molar-refractivity contribution >= 4 is 11.9 Å². The van der Waals surface area contributed by atoms with E-state index >= 15 is 0 Å². The standard InChI is InChI=1S/C20H15F3N4O2/c1-13(27-18(12-29-19(27)28)15-5-3-2-4-6-15)26-11-17(24-25-26)14-7-9-16(10-8-14)20(21,22)23/h2-11,18H,1,12H2/t18-/m0/s1. The third-order valence-electron chi connectivity index (χ3n) is 4.60. The van der Waals surface area contributed by atoms with Gasteiger partial charge < -0.3 is 4.74 Å². The van der Waals surface area contributed by atoms with Crippen molar-refractivity contribution in [3.05, 3.63) is 78.5 Å². The maximum atomic E-state index is 12.7. The first-order valence-corrected chi connectivity index (χ1v) is 8.65. The number of amides is 1. The van der Waals surface area contributed by atoms with Gasteiger partial charge in [0.1, 0.15) is 24.2 Å². The second-order valence-corrected chi connectivity index (χ2v) is 6.41. The van der Waals surface area contributed by atoms with Crippen LogP contribution in [-0.2, 0) is 10.9 Å². The third kappa shape index (κ3) is 3.58. The largest absolute Gasteiger partial charge is 0.447 e. The zero-order valence-electron chi connectivity index (χ0n) is 15.0. The lowest BCUT2D eigenvalue weighted by Crippen LogP contribution is -2.28. The van der Waals surface area contributed by atoms with Crippen LogP contribution in [0.25, 0.3) is 17.1 Å². The summed E-state index contributed by atoms with van der Waals surface area (Å²) in [5.74, 6) is 0.229. The molecular weight excluding hydrogens is 385 g/mol. The highest BCUT2D eigenvalue weighted by Crippen LogP contribution is 2.33. The second kappa shape index (κ2) is 7.08. The number of rotatable bonds is 4. The van der Waals surface area contributed by atoms with Gasteiger partial charge in [0.05, 0.1) is 11.8 Å². The molecule has 2 heterocycles. The highest BCUT2D eigenvalue weighted by Gasteiger charge is 2.37. The fourth-order valence-corrected chi connectivity index (χ4v) is 3.09. The molecule has 0 unspecified atom stereocenters. The molecular formula is C20H15F3N4O2. The molecule has 148 valence electrons. The Morgan fingerprint density at radius 2 is 1.79 bits per heavy atom. The van der Waals surface area contributed by atoms with Gasteiger partial charge in [0.2, 0.25) is 0 Å². The topological polar surface area (TPSA) is 60.2 Å². The van der Waals surface area contributed by atoms with Crippen LogP contribution in [0.3, 0.4) is 0 Å². The summed E-state index contributed by atoms with van der Waals surface area (Å²) in [6.07, 6.45) is -3.47. The van der Waals surface area contributed by atoms with E-state index in [0.717, 1.165) is 17.7 Å². The van der Waals surface area contributed by atoms with Gasteiger partial charge in [-0.05, 0) is 17.7 Å². The van der Waals surface area contributed by atoms with Gasteiger partial charge in [-0.25, -0.2) is 9.48 Å². The highest BCUT2D eigenvalue weighted by atomic mass is 19.4. The van der Waals surface area contributed by atoms with E-state index in [2.05, 4.69) is 16.9 Å². The van der Waals surface area contributed by atoms with Crippen molar-refractivity contribution in [2.24, 2.45) is 0 Å². The van der Waals surface area contributed by atoms with Crippen molar-refractivity contribution in [2.75, 3.05) is 6.61 Å². The van der Waals surface area contributed by atoms with Crippen molar-refractivity contribution in [3.63, 3.8) is 0 Å². The Kier molecular flexibility index (Phi) is 4.57. The number of hydrogen-bond donors (Lipinski definition) is 0. The molecule has 1 atom stereocenters. The zero-order valence-corrected chi connectivity index (χ0v) is 15.0. The molecule has 4 rings (SSSR count). The van der Waals surface area contributed by atoms with Gasteiger partial charge in [0.15, 0.2) is 0 Å². The Morgan fingerprint density at radius 1 is 1.10 bits per heavy atom. The van der Waals surface area contributed by atoms with E-state index in [1.165, 1.54) is 27.9 Å². The maximum Gasteiger partial charge on any atom is 0.416 e. The number of cyclic esters (lactones) is 1. The lowest BCUT2D eigenvalue weighted by molar-refractivity contribution is -0.137. The summed E-state index contributed by atoms with van der Waals surface area (Å²) >= 11 is 0. The van der Waals surface area contributed by atoms with Gasteiger partial charge >= 0.3 is 12.3 Å². The van der Waals surface area contributed by atoms with Crippen LogP contribution in [0, 0.1) is 0 Å². The molecule has 3 aromatic rings. The fraction of sp³-hybridized carbons (Fsp3) is 0.150. The molecule has 1 aliphatic heterocycles. The molecule has 9 heteroatoms. The lowest BCUT2D eigenvalue weighted by Gasteiger charge is -2.22. The minimum absolute atomic E-state index is 0.169. The van der Waals surface area contributed by atoms with Crippen molar-refractivity contribution in [3.8, 4) is 11.3 Å². The van der Waals surface area contributed by atoms with Gasteiger partial charge in [0.25, 0.3) is 0 Å². The Hall–Kier alpha value is -3.62. The number of halogens is 3. The summed E-state index contributed by atoms with van der Waals surface area (Å²) in [4.78, 5) is 13.6. The second-order valence-electron chi connectivity index (χ2n) is 6.41. The molecule has 2 aromatic carbocycles. The average Bonchev–Trinajstić information content (AvgIpc) is 3.35. The number of carbonyl (C=O) groups excluding carboxylic acids is 1. The van der Waals surface area contributed by atoms with Gasteiger partial charge in [-0.1, -0.05) is 54.3 Å². The first-order valence-electron chi connectivity index (χ1n) is 8.65. The molecule has 0 N–H and O–H groups in total. The number of hydrogen-bond acceptors (Lipinski definition) is 4. The highest BCUT2D eigenvalue weighted by molar-refractivity contribution is 5.78. The van der Waals surface area contributed by atoms with Gasteiger partial charge in [0, 0.05) is 5.56 Å². The van der Waals surface area contributed by atoms with Gasteiger partial charge in [-0.3, -0.25) is 4.90 Å². The lowest BCUT2D eigenvalue weighted by atomic mass is 10.1. The summed E-state index contributed by atoms with van der Waals surface area (Å²) in [5, 5.41) is 7.95. The molecule has 1 saturated heterocycles. The number of benzene rings is 2. The predicted octanol–water partition coefficient (Wildman–Crippen LogP) is 4.59. The van der Waals surface area contributed by atoms with Crippen LogP contribution in [0.4, 0.5) is 18.0 Å². The van der Waals surface area contributed by atoms with E-state index in [9.17, 15) is 18.0 Å². The summed E-state index contributed by atoms with van der Waals surface area (Å²) in [6, 6.07) is 13.6. The smallest absolute Gasteiger partial charge is 0.416 e. The third-order valence-corrected chi connectivity index (χ3v) is 4.60. The minimum Gasteiger partial charge on any atom is -0.447 e. The molecule has 0 saturated carbocycles. The molecule has 1 fully saturated rings. The minimum atomic E-state index is -4.41. The first kappa shape index (κ1) is 18.7. The van der Waals surface area contributed by atoms with Crippen LogP contribution in [-0.4, -0.2) is 32.6 Å². The van der Waals surface area contributed by atoms with Crippen LogP contribution in [0.2, 0.25) is 0 Å². The molecule has 29 heavy (non-hydrogen) atoms. The van der Waals surface area contributed by atoms with Crippen LogP contribution in [0.15, 0.2) is 67.4 Å². The number of alkyl halides is 3. The maximum absolute atomic E-state index is 12.7. The predicted molar refractivity (Wildman–Crippen MR) is 98.2 cm³/mol. The van der Waals surface area contributed by atoms with Crippen molar-refractivity contribution in [2.45, 2.75) is 12.2 Å². The Morgan fingerprint density at radius 3 is 2.45 bits per heavy atom. The monoisotopic (exact) mass is 400 g/mol. The van der Waals surface area contributed by atoms with Crippen LogP contribution in [0.5, 0.6) is 0 Å². The molecule has 6 nitrogen and oxygen atoms in total. The summed E-state index contributed by atoms with van der Waals surface area (Å²) in [6.45, 7) is 4.09. The summed E-state index contributed by atoms with van der Waals surface area (Å²) in [5.41, 5.74) is 0.940. The van der Waals surface area contributed by atoms with Crippen LogP contribution in [0.1, 0.15) is 17.2 Å². The number of aromatic nitrogens is 3.